The average molecular weight is 429 g/mol. The van der Waals surface area contributed by atoms with Crippen LogP contribution < -0.4 is 10.2 Å². The van der Waals surface area contributed by atoms with Crippen LogP contribution in [0.25, 0.3) is 0 Å². The van der Waals surface area contributed by atoms with Gasteiger partial charge in [0.2, 0.25) is 11.8 Å². The summed E-state index contributed by atoms with van der Waals surface area (Å²) in [4.78, 5) is 26.7. The maximum absolute atomic E-state index is 14.1. The third-order valence-electron chi connectivity index (χ3n) is 5.53. The van der Waals surface area contributed by atoms with E-state index < -0.39 is 0 Å². The number of carbonyl (C=O) groups excluding carboxylic acids is 2. The zero-order valence-electron chi connectivity index (χ0n) is 17.8. The maximum Gasteiger partial charge on any atom is 0.238 e. The highest BCUT2D eigenvalue weighted by molar-refractivity contribution is 8.00. The van der Waals surface area contributed by atoms with Crippen molar-refractivity contribution in [3.8, 4) is 0 Å². The number of unbranched alkanes of at least 4 members (excludes halogenated alkanes) is 1. The molecule has 4 nitrogen and oxygen atoms in total. The van der Waals surface area contributed by atoms with E-state index in [0.29, 0.717) is 17.0 Å². The van der Waals surface area contributed by atoms with Crippen molar-refractivity contribution in [2.75, 3.05) is 16.0 Å². The third-order valence-corrected chi connectivity index (χ3v) is 6.75. The van der Waals surface area contributed by atoms with Crippen molar-refractivity contribution in [3.05, 3.63) is 59.4 Å². The summed E-state index contributed by atoms with van der Waals surface area (Å²) in [5.74, 6) is 0.0872. The Labute approximate surface area is 182 Å². The number of hydrogen-bond donors (Lipinski definition) is 1. The van der Waals surface area contributed by atoms with Crippen LogP contribution in [0.1, 0.15) is 56.0 Å². The molecule has 1 aliphatic rings. The third kappa shape index (κ3) is 5.04. The first-order chi connectivity index (χ1) is 14.4. The van der Waals surface area contributed by atoms with E-state index in [2.05, 4.69) is 12.2 Å². The van der Waals surface area contributed by atoms with Crippen LogP contribution in [-0.2, 0) is 9.59 Å². The Morgan fingerprint density at radius 2 is 1.97 bits per heavy atom. The molecule has 160 valence electrons. The van der Waals surface area contributed by atoms with Crippen molar-refractivity contribution in [2.24, 2.45) is 5.92 Å². The number of nitrogens with one attached hydrogen (secondary N) is 1. The van der Waals surface area contributed by atoms with Crippen LogP contribution in [0.5, 0.6) is 0 Å². The molecule has 2 amide bonds. The molecule has 1 N–H and O–H groups in total. The van der Waals surface area contributed by atoms with Crippen LogP contribution in [-0.4, -0.2) is 17.6 Å². The lowest BCUT2D eigenvalue weighted by molar-refractivity contribution is -0.120. The maximum atomic E-state index is 14.1. The summed E-state index contributed by atoms with van der Waals surface area (Å²) in [7, 11) is 0. The molecule has 0 spiro atoms. The van der Waals surface area contributed by atoms with Crippen LogP contribution in [0.3, 0.4) is 0 Å². The monoisotopic (exact) mass is 428 g/mol. The second-order valence-electron chi connectivity index (χ2n) is 7.72. The number of carbonyl (C=O) groups is 2. The van der Waals surface area contributed by atoms with Crippen LogP contribution >= 0.6 is 11.8 Å². The number of rotatable bonds is 8. The Bertz CT molecular complexity index is 901. The van der Waals surface area contributed by atoms with Gasteiger partial charge in [0.1, 0.15) is 11.2 Å². The van der Waals surface area contributed by atoms with Crippen molar-refractivity contribution in [1.29, 1.82) is 0 Å². The fourth-order valence-electron chi connectivity index (χ4n) is 3.63. The van der Waals surface area contributed by atoms with E-state index >= 15 is 0 Å². The molecule has 2 aromatic carbocycles. The topological polar surface area (TPSA) is 49.4 Å². The summed E-state index contributed by atoms with van der Waals surface area (Å²) in [5, 5.41) is 2.80. The van der Waals surface area contributed by atoms with Gasteiger partial charge in [-0.25, -0.2) is 4.39 Å². The van der Waals surface area contributed by atoms with E-state index in [9.17, 15) is 14.0 Å². The molecule has 0 aromatic heterocycles. The Morgan fingerprint density at radius 3 is 2.60 bits per heavy atom. The fraction of sp³-hybridized carbons (Fsp3) is 0.417. The molecule has 2 aromatic rings. The quantitative estimate of drug-likeness (QED) is 0.555. The summed E-state index contributed by atoms with van der Waals surface area (Å²) >= 11 is 1.52. The lowest BCUT2D eigenvalue weighted by Gasteiger charge is -2.25. The fourth-order valence-corrected chi connectivity index (χ4v) is 4.81. The van der Waals surface area contributed by atoms with Gasteiger partial charge in [0.05, 0.1) is 5.75 Å². The molecule has 1 saturated heterocycles. The van der Waals surface area contributed by atoms with Gasteiger partial charge in [0.15, 0.2) is 0 Å². The molecule has 0 radical (unpaired) electrons. The molecule has 2 atom stereocenters. The lowest BCUT2D eigenvalue weighted by Crippen LogP contribution is -2.28. The summed E-state index contributed by atoms with van der Waals surface area (Å²) in [5.41, 5.74) is 2.82. The zero-order chi connectivity index (χ0) is 21.7. The summed E-state index contributed by atoms with van der Waals surface area (Å²) in [6.45, 7) is 5.87. The Hall–Kier alpha value is -2.34. The van der Waals surface area contributed by atoms with Crippen molar-refractivity contribution < 1.29 is 14.0 Å². The smallest absolute Gasteiger partial charge is 0.238 e. The highest BCUT2D eigenvalue weighted by Gasteiger charge is 2.34. The van der Waals surface area contributed by atoms with Crippen molar-refractivity contribution in [1.82, 2.24) is 0 Å². The summed E-state index contributed by atoms with van der Waals surface area (Å²) < 4.78 is 14.1. The van der Waals surface area contributed by atoms with Crippen LogP contribution in [0.2, 0.25) is 0 Å². The number of benzene rings is 2. The first-order valence-electron chi connectivity index (χ1n) is 10.5. The number of aryl methyl sites for hydroxylation is 1. The van der Waals surface area contributed by atoms with Gasteiger partial charge in [-0.05, 0) is 55.2 Å². The van der Waals surface area contributed by atoms with Crippen LogP contribution in [0.4, 0.5) is 15.8 Å². The van der Waals surface area contributed by atoms with E-state index in [-0.39, 0.29) is 28.9 Å². The molecule has 1 aliphatic heterocycles. The Balaban J connectivity index is 1.73. The first kappa shape index (κ1) is 22.3. The van der Waals surface area contributed by atoms with Crippen molar-refractivity contribution in [2.45, 2.75) is 51.8 Å². The normalized spacial score (nSPS) is 17.3. The molecule has 0 aliphatic carbocycles. The minimum Gasteiger partial charge on any atom is -0.326 e. The lowest BCUT2D eigenvalue weighted by atomic mass is 9.98. The minimum absolute atomic E-state index is 0.0274. The van der Waals surface area contributed by atoms with Gasteiger partial charge in [-0.3, -0.25) is 14.5 Å². The van der Waals surface area contributed by atoms with Gasteiger partial charge in [-0.1, -0.05) is 44.9 Å². The number of amides is 2. The highest BCUT2D eigenvalue weighted by Crippen LogP contribution is 2.42. The number of nitrogens with zero attached hydrogens (tertiary/aromatic N) is 1. The highest BCUT2D eigenvalue weighted by atomic mass is 32.2. The van der Waals surface area contributed by atoms with Crippen LogP contribution in [0.15, 0.2) is 42.5 Å². The Morgan fingerprint density at radius 1 is 1.23 bits per heavy atom. The van der Waals surface area contributed by atoms with E-state index in [1.807, 2.05) is 31.2 Å². The molecule has 3 rings (SSSR count). The SMILES string of the molecule is CCCC[C@@H](CC)C(=O)Nc1ccc([C@@H]2SCC(=O)N2c2ccc(C)c(F)c2)cc1. The molecule has 1 fully saturated rings. The molecule has 0 unspecified atom stereocenters. The summed E-state index contributed by atoms with van der Waals surface area (Å²) in [6.07, 6.45) is 3.86. The summed E-state index contributed by atoms with van der Waals surface area (Å²) in [6, 6.07) is 12.5. The number of hydrogen-bond acceptors (Lipinski definition) is 3. The second kappa shape index (κ2) is 10.1. The standard InChI is InChI=1S/C24H29FN2O2S/c1-4-6-7-17(5-2)23(29)26-19-11-9-18(10-12-19)24-27(22(28)15-30-24)20-13-8-16(3)21(25)14-20/h8-14,17,24H,4-7,15H2,1-3H3,(H,26,29)/t17-,24+/m1/s1. The molecular weight excluding hydrogens is 399 g/mol. The molecule has 1 heterocycles. The van der Waals surface area contributed by atoms with E-state index in [1.165, 1.54) is 17.8 Å². The van der Waals surface area contributed by atoms with E-state index in [0.717, 1.165) is 36.9 Å². The second-order valence-corrected chi connectivity index (χ2v) is 8.79. The molecule has 30 heavy (non-hydrogen) atoms. The van der Waals surface area contributed by atoms with Crippen molar-refractivity contribution in [3.63, 3.8) is 0 Å². The van der Waals surface area contributed by atoms with Crippen molar-refractivity contribution >= 4 is 35.0 Å². The van der Waals surface area contributed by atoms with Gasteiger partial charge in [-0.2, -0.15) is 0 Å². The number of anilines is 2. The average Bonchev–Trinajstić information content (AvgIpc) is 3.12. The van der Waals surface area contributed by atoms with Crippen LogP contribution in [0, 0.1) is 18.7 Å². The number of halogens is 1. The molecule has 0 bridgehead atoms. The van der Waals surface area contributed by atoms with Gasteiger partial charge in [0.25, 0.3) is 0 Å². The Kier molecular flexibility index (Phi) is 7.53. The largest absolute Gasteiger partial charge is 0.326 e. The van der Waals surface area contributed by atoms with Gasteiger partial charge in [0, 0.05) is 17.3 Å². The van der Waals surface area contributed by atoms with E-state index in [1.54, 1.807) is 24.0 Å². The van der Waals surface area contributed by atoms with E-state index in [4.69, 9.17) is 0 Å². The first-order valence-corrected chi connectivity index (χ1v) is 11.6. The molecule has 0 saturated carbocycles. The van der Waals surface area contributed by atoms with Gasteiger partial charge in [-0.15, -0.1) is 11.8 Å². The predicted octanol–water partition coefficient (Wildman–Crippen LogP) is 6.07. The van der Waals surface area contributed by atoms with Gasteiger partial charge < -0.3 is 5.32 Å². The minimum atomic E-state index is -0.317. The predicted molar refractivity (Wildman–Crippen MR) is 122 cm³/mol. The van der Waals surface area contributed by atoms with Gasteiger partial charge >= 0.3 is 0 Å². The molecular formula is C24H29FN2O2S. The number of thioether (sulfide) groups is 1. The molecule has 6 heteroatoms. The zero-order valence-corrected chi connectivity index (χ0v) is 18.6.